The first-order chi connectivity index (χ1) is 34.9. The van der Waals surface area contributed by atoms with Crippen LogP contribution in [0.15, 0.2) is 249 Å². The van der Waals surface area contributed by atoms with E-state index in [1.165, 1.54) is 56.2 Å². The van der Waals surface area contributed by atoms with Gasteiger partial charge in [0.25, 0.3) is 0 Å². The second-order valence-corrected chi connectivity index (χ2v) is 26.5. The van der Waals surface area contributed by atoms with Gasteiger partial charge in [0.15, 0.2) is 0 Å². The summed E-state index contributed by atoms with van der Waals surface area (Å²) in [6.07, 6.45) is 0. The van der Waals surface area contributed by atoms with Crippen molar-refractivity contribution in [3.63, 3.8) is 0 Å². The minimum atomic E-state index is -3.61. The van der Waals surface area contributed by atoms with Gasteiger partial charge < -0.3 is 0 Å². The number of rotatable bonds is 10. The molecule has 0 radical (unpaired) electrons. The molecule has 0 fully saturated rings. The monoisotopic (exact) mass is 972 g/mol. The third-order valence-electron chi connectivity index (χ3n) is 14.1. The molecule has 0 saturated carbocycles. The summed E-state index contributed by atoms with van der Waals surface area (Å²) in [5.41, 5.74) is 14.4. The molecule has 0 amide bonds. The van der Waals surface area contributed by atoms with E-state index in [1.54, 1.807) is 0 Å². The van der Waals surface area contributed by atoms with E-state index in [4.69, 9.17) is 15.0 Å². The summed E-state index contributed by atoms with van der Waals surface area (Å²) in [5.74, 6) is 1.84. The van der Waals surface area contributed by atoms with Gasteiger partial charge >= 0.3 is 359 Å². The van der Waals surface area contributed by atoms with Crippen LogP contribution in [0.5, 0.6) is 0 Å². The minimum Gasteiger partial charge on any atom is -0.0557 e. The Labute approximate surface area is 418 Å². The van der Waals surface area contributed by atoms with Crippen LogP contribution in [-0.2, 0) is 0 Å². The summed E-state index contributed by atoms with van der Waals surface area (Å²) < 4.78 is 7.93. The Balaban J connectivity index is 1.14. The second kappa shape index (κ2) is 18.5. The number of benzene rings is 10. The molecule has 10 aromatic carbocycles. The van der Waals surface area contributed by atoms with Crippen LogP contribution in [0.25, 0.3) is 83.9 Å². The van der Waals surface area contributed by atoms with Crippen molar-refractivity contribution in [3.05, 3.63) is 265 Å². The SMILES string of the molecule is Cc1cc(C)c(-c2ccc3c4ccccc4n(-c4ccc(-c5ccc[c]([Ge]([c]6ccccc6)([c]6ccccc6)[c]6ccccc6)c5)cc4-c4nc(-c5ccccc5)nc(-c5ccccc5)n4)c3c2)c(C)c1. The number of nitrogens with zero attached hydrogens (tertiary/aromatic N) is 4. The van der Waals surface area contributed by atoms with E-state index in [9.17, 15) is 0 Å². The van der Waals surface area contributed by atoms with E-state index >= 15 is 0 Å². The zero-order valence-corrected chi connectivity index (χ0v) is 42.1. The average Bonchev–Trinajstić information content (AvgIpc) is 3.75. The van der Waals surface area contributed by atoms with Crippen molar-refractivity contribution in [2.75, 3.05) is 0 Å². The zero-order chi connectivity index (χ0) is 47.9. The Hall–Kier alpha value is -8.45. The maximum Gasteiger partial charge on any atom is -0.0391 e. The molecule has 4 nitrogen and oxygen atoms in total. The fraction of sp³-hybridized carbons (Fsp3) is 0.0455. The van der Waals surface area contributed by atoms with Crippen molar-refractivity contribution in [3.8, 4) is 62.1 Å². The first-order valence-corrected chi connectivity index (χ1v) is 28.5. The Morgan fingerprint density at radius 2 is 0.775 bits per heavy atom. The van der Waals surface area contributed by atoms with Gasteiger partial charge in [-0.1, -0.05) is 29.8 Å². The molecule has 12 aromatic rings. The molecule has 2 heterocycles. The van der Waals surface area contributed by atoms with Gasteiger partial charge in [-0.3, -0.25) is 0 Å². The van der Waals surface area contributed by atoms with Crippen LogP contribution in [-0.4, -0.2) is 32.8 Å². The van der Waals surface area contributed by atoms with Gasteiger partial charge in [0, 0.05) is 0 Å². The molecule has 338 valence electrons. The van der Waals surface area contributed by atoms with Crippen LogP contribution in [0.1, 0.15) is 16.7 Å². The van der Waals surface area contributed by atoms with Crippen LogP contribution < -0.4 is 17.6 Å². The number of para-hydroxylation sites is 1. The van der Waals surface area contributed by atoms with Crippen molar-refractivity contribution in [1.82, 2.24) is 19.5 Å². The third-order valence-corrected chi connectivity index (χ3v) is 24.1. The molecule has 0 spiro atoms. The number of fused-ring (bicyclic) bond motifs is 3. The van der Waals surface area contributed by atoms with E-state index in [0.717, 1.165) is 44.5 Å². The van der Waals surface area contributed by atoms with Gasteiger partial charge in [-0.25, -0.2) is 0 Å². The zero-order valence-electron chi connectivity index (χ0n) is 40.0. The first-order valence-electron chi connectivity index (χ1n) is 24.3. The van der Waals surface area contributed by atoms with Crippen LogP contribution >= 0.6 is 0 Å². The topological polar surface area (TPSA) is 43.6 Å². The van der Waals surface area contributed by atoms with Crippen LogP contribution in [0.2, 0.25) is 0 Å². The van der Waals surface area contributed by atoms with Gasteiger partial charge in [-0.15, -0.1) is 0 Å². The standard InChI is InChI=1S/C66H50GeN4/c1-45-40-46(2)63(47(3)41-45)52-36-38-58-57-34-19-20-35-60(57)71(62(58)44-52)61-39-37-51(43-59(61)66-69-64(48-22-9-4-10-23-48)68-65(70-66)49-24-11-5-12-25-49)50-26-21-33-56(42-50)67(53-27-13-6-14-28-53,54-29-15-7-16-30-54)55-31-17-8-18-32-55/h4-44H,1-3H3. The maximum atomic E-state index is 5.41. The van der Waals surface area contributed by atoms with Gasteiger partial charge in [0.2, 0.25) is 0 Å². The molecule has 2 aromatic heterocycles. The molecule has 71 heavy (non-hydrogen) atoms. The molecule has 0 aliphatic heterocycles. The van der Waals surface area contributed by atoms with Gasteiger partial charge in [0.1, 0.15) is 0 Å². The van der Waals surface area contributed by atoms with Crippen molar-refractivity contribution < 1.29 is 0 Å². The molecular formula is C66H50GeN4. The maximum absolute atomic E-state index is 5.41. The van der Waals surface area contributed by atoms with Crippen molar-refractivity contribution in [1.29, 1.82) is 0 Å². The van der Waals surface area contributed by atoms with Gasteiger partial charge in [-0.2, -0.15) is 0 Å². The third kappa shape index (κ3) is 7.87. The molecular weight excluding hydrogens is 921 g/mol. The van der Waals surface area contributed by atoms with Gasteiger partial charge in [0.05, 0.1) is 0 Å². The van der Waals surface area contributed by atoms with E-state index in [-0.39, 0.29) is 0 Å². The molecule has 0 bridgehead atoms. The number of aromatic nitrogens is 4. The number of hydrogen-bond acceptors (Lipinski definition) is 3. The van der Waals surface area contributed by atoms with Crippen molar-refractivity contribution >= 4 is 52.7 Å². The molecule has 0 unspecified atom stereocenters. The Bertz CT molecular complexity index is 3710. The van der Waals surface area contributed by atoms with E-state index in [2.05, 4.69) is 238 Å². The van der Waals surface area contributed by atoms with E-state index < -0.39 is 13.3 Å². The Morgan fingerprint density at radius 3 is 1.35 bits per heavy atom. The molecule has 5 heteroatoms. The number of hydrogen-bond donors (Lipinski definition) is 0. The van der Waals surface area contributed by atoms with Crippen molar-refractivity contribution in [2.24, 2.45) is 0 Å². The van der Waals surface area contributed by atoms with Crippen LogP contribution in [0, 0.1) is 20.8 Å². The summed E-state index contributed by atoms with van der Waals surface area (Å²) >= 11 is -3.61. The van der Waals surface area contributed by atoms with Gasteiger partial charge in [-0.05, 0) is 31.9 Å². The minimum absolute atomic E-state index is 0.600. The largest absolute Gasteiger partial charge is 0.0557 e. The van der Waals surface area contributed by atoms with Crippen molar-refractivity contribution in [2.45, 2.75) is 20.8 Å². The smallest absolute Gasteiger partial charge is 0.0391 e. The predicted octanol–water partition coefficient (Wildman–Crippen LogP) is 13.6. The molecule has 0 saturated heterocycles. The predicted molar refractivity (Wildman–Crippen MR) is 299 cm³/mol. The average molecular weight is 972 g/mol. The van der Waals surface area contributed by atoms with E-state index in [1.807, 2.05) is 36.4 Å². The van der Waals surface area contributed by atoms with E-state index in [0.29, 0.717) is 17.5 Å². The summed E-state index contributed by atoms with van der Waals surface area (Å²) in [6.45, 7) is 6.63. The molecule has 0 aliphatic rings. The normalized spacial score (nSPS) is 11.6. The second-order valence-electron chi connectivity index (χ2n) is 18.6. The summed E-state index contributed by atoms with van der Waals surface area (Å²) in [6, 6.07) is 90.6. The summed E-state index contributed by atoms with van der Waals surface area (Å²) in [7, 11) is 0. The quantitative estimate of drug-likeness (QED) is 0.128. The number of aryl methyl sites for hydroxylation is 3. The molecule has 0 aliphatic carbocycles. The Kier molecular flexibility index (Phi) is 11.4. The van der Waals surface area contributed by atoms with Crippen LogP contribution in [0.4, 0.5) is 0 Å². The fourth-order valence-corrected chi connectivity index (χ4v) is 21.1. The van der Waals surface area contributed by atoms with Crippen LogP contribution in [0.3, 0.4) is 0 Å². The summed E-state index contributed by atoms with van der Waals surface area (Å²) in [4.78, 5) is 16.0. The first kappa shape index (κ1) is 43.8. The Morgan fingerprint density at radius 1 is 0.324 bits per heavy atom. The summed E-state index contributed by atoms with van der Waals surface area (Å²) in [5, 5.41) is 2.37. The molecule has 12 rings (SSSR count). The molecule has 0 N–H and O–H groups in total. The molecule has 0 atom stereocenters. The fourth-order valence-electron chi connectivity index (χ4n) is 11.0.